The zero-order valence-corrected chi connectivity index (χ0v) is 9.73. The molecule has 0 atom stereocenters. The Morgan fingerprint density at radius 2 is 1.89 bits per heavy atom. The van der Waals surface area contributed by atoms with Crippen LogP contribution in [0.3, 0.4) is 0 Å². The van der Waals surface area contributed by atoms with Crippen molar-refractivity contribution in [3.05, 3.63) is 13.5 Å². The van der Waals surface area contributed by atoms with Gasteiger partial charge in [-0.05, 0) is 6.26 Å². The maximum atomic E-state index is 6.15. The van der Waals surface area contributed by atoms with Crippen LogP contribution in [0.1, 0.15) is 6.92 Å². The van der Waals surface area contributed by atoms with Crippen LogP contribution in [-0.2, 0) is 0 Å². The molecule has 0 aliphatic carbocycles. The van der Waals surface area contributed by atoms with Gasteiger partial charge in [-0.1, -0.05) is 0 Å². The predicted octanol–water partition coefficient (Wildman–Crippen LogP) is 0.452. The molecule has 2 nitrogen and oxygen atoms in total. The van der Waals surface area contributed by atoms with Crippen molar-refractivity contribution in [1.82, 2.24) is 0 Å². The summed E-state index contributed by atoms with van der Waals surface area (Å²) in [4.78, 5) is 0. The van der Waals surface area contributed by atoms with Crippen LogP contribution in [0.25, 0.3) is 0 Å². The van der Waals surface area contributed by atoms with Crippen molar-refractivity contribution in [2.45, 2.75) is 6.92 Å². The van der Waals surface area contributed by atoms with Crippen LogP contribution in [0, 0.1) is 53.9 Å². The summed E-state index contributed by atoms with van der Waals surface area (Å²) in [6.45, 7) is 7.06. The second-order valence-corrected chi connectivity index (χ2v) is 0.577. The Morgan fingerprint density at radius 3 is 1.89 bits per heavy atom. The normalized spacial score (nSPS) is 6.11. The maximum Gasteiger partial charge on any atom is 0.0821 e. The minimum Gasteiger partial charge on any atom is -0.484 e. The van der Waals surface area contributed by atoms with Gasteiger partial charge in [0.05, 0.1) is 1.41 Å². The molecule has 0 aromatic heterocycles. The van der Waals surface area contributed by atoms with Crippen LogP contribution in [0.5, 0.6) is 0 Å². The summed E-state index contributed by atoms with van der Waals surface area (Å²) in [7, 11) is 0. The van der Waals surface area contributed by atoms with Crippen molar-refractivity contribution in [2.75, 3.05) is 12.8 Å². The molecule has 0 aliphatic heterocycles. The summed E-state index contributed by atoms with van der Waals surface area (Å²) in [6, 6.07) is 0. The molecule has 0 rings (SSSR count). The second kappa shape index (κ2) is 54.7. The molecule has 4 heteroatoms. The van der Waals surface area contributed by atoms with E-state index in [-0.39, 0.29) is 40.4 Å². The molecule has 0 fully saturated rings. The van der Waals surface area contributed by atoms with Gasteiger partial charge in [0.1, 0.15) is 0 Å². The molecule has 0 spiro atoms. The number of rotatable bonds is 1. The maximum absolute atomic E-state index is 6.15. The van der Waals surface area contributed by atoms with Gasteiger partial charge in [-0.2, -0.15) is 19.6 Å². The molecule has 0 saturated carbocycles. The van der Waals surface area contributed by atoms with Crippen molar-refractivity contribution >= 4 is 12.6 Å². The van der Waals surface area contributed by atoms with E-state index >= 15 is 0 Å². The topological polar surface area (TPSA) is 52.0 Å². The van der Waals surface area contributed by atoms with Gasteiger partial charge in [-0.3, -0.25) is 6.54 Å². The largest absolute Gasteiger partial charge is 0.484 e. The predicted molar refractivity (Wildman–Crippen MR) is 43.5 cm³/mol. The number of nitrogens with two attached hydrogens (primary N) is 2. The minimum absolute atomic E-state index is 0. The van der Waals surface area contributed by atoms with Crippen molar-refractivity contribution in [2.24, 2.45) is 11.5 Å². The standard InChI is InChI=1S/2C2H6N.CH4S.Pm/c2*1-2-3;1-2;/h2H,3H2,1H3;1-3H2;2H,1H3;/q2*-1;;/i/hT. The summed E-state index contributed by atoms with van der Waals surface area (Å²) in [5.74, 6) is 0. The van der Waals surface area contributed by atoms with Gasteiger partial charge < -0.3 is 18.4 Å². The summed E-state index contributed by atoms with van der Waals surface area (Å²) >= 11 is 3.53. The Bertz CT molecular complexity index is 27.1. The summed E-state index contributed by atoms with van der Waals surface area (Å²) in [5.41, 5.74) is 6.79. The van der Waals surface area contributed by atoms with Crippen molar-refractivity contribution in [3.63, 3.8) is 0 Å². The first kappa shape index (κ1) is 16.9. The molecule has 1 radical (unpaired) electrons. The Kier molecular flexibility index (Phi) is 103. The van der Waals surface area contributed by atoms with E-state index in [9.17, 15) is 0 Å². The first-order valence-corrected chi connectivity index (χ1v) is 3.12. The number of thiol groups is 1. The molecule has 0 saturated heterocycles. The van der Waals surface area contributed by atoms with E-state index < -0.39 is 0 Å². The van der Waals surface area contributed by atoms with Gasteiger partial charge in [0.25, 0.3) is 0 Å². The molecule has 0 aromatic carbocycles. The third-order valence-corrected chi connectivity index (χ3v) is 0. The quantitative estimate of drug-likeness (QED) is 0.483. The molecule has 0 heterocycles. The first-order valence-electron chi connectivity index (χ1n) is 2.72. The fourth-order valence-corrected chi connectivity index (χ4v) is 0. The van der Waals surface area contributed by atoms with Crippen LogP contribution < -0.4 is 11.5 Å². The smallest absolute Gasteiger partial charge is 0.0821 e. The Morgan fingerprint density at radius 1 is 1.78 bits per heavy atom. The SMILES string of the molecule is CS.[3H]N[CH-]C.[CH2-]CN.[Pm]. The zero-order valence-electron chi connectivity index (χ0n) is 6.96. The van der Waals surface area contributed by atoms with Gasteiger partial charge >= 0.3 is 0 Å². The molecular weight excluding hydrogens is 265 g/mol. The second-order valence-electron chi connectivity index (χ2n) is 0.577. The monoisotopic (exact) mass is 283 g/mol. The Hall–Kier alpha value is 1.61. The van der Waals surface area contributed by atoms with Crippen LogP contribution >= 0.6 is 12.6 Å². The fourth-order valence-electron chi connectivity index (χ4n) is 0. The van der Waals surface area contributed by atoms with E-state index in [4.69, 9.17) is 7.15 Å². The average molecular weight is 283 g/mol. The molecule has 0 aliphatic rings. The molecule has 0 bridgehead atoms. The molecule has 9 heavy (non-hydrogen) atoms. The Balaban J connectivity index is -0.0000000273. The van der Waals surface area contributed by atoms with Crippen LogP contribution in [0.4, 0.5) is 0 Å². The molecule has 0 amide bonds. The summed E-state index contributed by atoms with van der Waals surface area (Å²) < 4.78 is 6.15. The van der Waals surface area contributed by atoms with Crippen LogP contribution in [-0.4, -0.2) is 12.8 Å². The van der Waals surface area contributed by atoms with Gasteiger partial charge in [0.15, 0.2) is 0 Å². The van der Waals surface area contributed by atoms with Gasteiger partial charge in [0, 0.05) is 40.4 Å². The molecule has 4 N–H and O–H groups in total. The van der Waals surface area contributed by atoms with Crippen LogP contribution in [0.2, 0.25) is 1.41 Å². The molecule has 59 valence electrons. The van der Waals surface area contributed by atoms with Gasteiger partial charge in [0.2, 0.25) is 0 Å². The van der Waals surface area contributed by atoms with E-state index in [0.29, 0.717) is 6.54 Å². The molecular formula is C5H16N2PmS-2. The van der Waals surface area contributed by atoms with Gasteiger partial charge in [-0.25, -0.2) is 0 Å². The van der Waals surface area contributed by atoms with Gasteiger partial charge in [-0.15, -0.1) is 6.54 Å². The van der Waals surface area contributed by atoms with E-state index in [0.717, 1.165) is 0 Å². The fraction of sp³-hybridized carbons (Fsp3) is 0.600. The van der Waals surface area contributed by atoms with E-state index in [1.165, 1.54) is 0 Å². The number of hydrogen-bond acceptors (Lipinski definition) is 3. The van der Waals surface area contributed by atoms with E-state index in [1.807, 2.05) is 0 Å². The first-order chi connectivity index (χ1) is 4.33. The zero-order chi connectivity index (χ0) is 8.12. The molecule has 0 unspecified atom stereocenters. The van der Waals surface area contributed by atoms with E-state index in [2.05, 4.69) is 25.3 Å². The third kappa shape index (κ3) is 215. The van der Waals surface area contributed by atoms with Crippen molar-refractivity contribution in [1.29, 1.82) is 0 Å². The van der Waals surface area contributed by atoms with Crippen molar-refractivity contribution < 1.29 is 41.8 Å². The minimum atomic E-state index is 0. The number of hydrogen-bond donors (Lipinski definition) is 3. The summed E-state index contributed by atoms with van der Waals surface area (Å²) in [5, 5.41) is 0. The molecule has 0 aromatic rings. The Labute approximate surface area is 98.1 Å². The van der Waals surface area contributed by atoms with E-state index in [1.54, 1.807) is 19.7 Å². The average Bonchev–Trinajstić information content (AvgIpc) is 1.94. The summed E-state index contributed by atoms with van der Waals surface area (Å²) in [6.07, 6.45) is 1.69. The van der Waals surface area contributed by atoms with Crippen molar-refractivity contribution in [3.8, 4) is 0 Å². The third-order valence-electron chi connectivity index (χ3n) is 0. The van der Waals surface area contributed by atoms with Crippen LogP contribution in [0.15, 0.2) is 0 Å².